The van der Waals surface area contributed by atoms with Gasteiger partial charge in [0.1, 0.15) is 5.75 Å². The molecule has 0 atom stereocenters. The second-order valence-electron chi connectivity index (χ2n) is 6.32. The van der Waals surface area contributed by atoms with Gasteiger partial charge in [-0.2, -0.15) is 0 Å². The summed E-state index contributed by atoms with van der Waals surface area (Å²) in [7, 11) is 5.39. The topological polar surface area (TPSA) is 87.2 Å². The summed E-state index contributed by atoms with van der Waals surface area (Å²) in [6.07, 6.45) is 1.02. The summed E-state index contributed by atoms with van der Waals surface area (Å²) in [6, 6.07) is 7.10. The fourth-order valence-corrected chi connectivity index (χ4v) is 2.49. The van der Waals surface area contributed by atoms with Gasteiger partial charge in [0.05, 0.1) is 13.7 Å². The van der Waals surface area contributed by atoms with Gasteiger partial charge in [0.15, 0.2) is 5.96 Å². The third-order valence-corrected chi connectivity index (χ3v) is 4.02. The smallest absolute Gasteiger partial charge is 0.251 e. The Balaban J connectivity index is 2.32. The maximum Gasteiger partial charge on any atom is 0.251 e. The van der Waals surface area contributed by atoms with Crippen LogP contribution in [0.3, 0.4) is 0 Å². The summed E-state index contributed by atoms with van der Waals surface area (Å²) in [6.45, 7) is 7.25. The van der Waals surface area contributed by atoms with Crippen molar-refractivity contribution >= 4 is 11.9 Å². The molecule has 8 heteroatoms. The number of aliphatic imine (C=N–C) groups is 1. The summed E-state index contributed by atoms with van der Waals surface area (Å²) in [5.74, 6) is 1.29. The molecule has 0 saturated heterocycles. The molecule has 158 valence electrons. The number of hydrogen-bond acceptors (Lipinski definition) is 5. The van der Waals surface area contributed by atoms with Crippen molar-refractivity contribution < 1.29 is 14.3 Å². The molecule has 0 aliphatic heterocycles. The molecule has 0 aromatic heterocycles. The van der Waals surface area contributed by atoms with Gasteiger partial charge in [0.2, 0.25) is 0 Å². The first-order valence-electron chi connectivity index (χ1n) is 9.72. The van der Waals surface area contributed by atoms with Gasteiger partial charge in [-0.05, 0) is 38.6 Å². The Morgan fingerprint density at radius 2 is 1.93 bits per heavy atom. The molecule has 0 bridgehead atoms. The molecule has 0 heterocycles. The molecular weight excluding hydrogens is 358 g/mol. The number of carbonyl (C=O) groups is 1. The van der Waals surface area contributed by atoms with Gasteiger partial charge in [-0.1, -0.05) is 6.07 Å². The van der Waals surface area contributed by atoms with E-state index in [9.17, 15) is 4.79 Å². The van der Waals surface area contributed by atoms with Crippen molar-refractivity contribution in [2.75, 3.05) is 67.1 Å². The van der Waals surface area contributed by atoms with Gasteiger partial charge in [-0.25, -0.2) is 0 Å². The number of likely N-dealkylation sites (N-methyl/N-ethyl adjacent to an activating group) is 1. The number of carbonyl (C=O) groups excluding carboxylic acids is 1. The van der Waals surface area contributed by atoms with E-state index in [4.69, 9.17) is 9.47 Å². The maximum absolute atomic E-state index is 12.2. The zero-order chi connectivity index (χ0) is 20.6. The first kappa shape index (κ1) is 23.7. The fourth-order valence-electron chi connectivity index (χ4n) is 2.49. The minimum absolute atomic E-state index is 0.125. The number of guanidine groups is 1. The Morgan fingerprint density at radius 1 is 1.14 bits per heavy atom. The minimum atomic E-state index is -0.125. The van der Waals surface area contributed by atoms with Crippen molar-refractivity contribution in [1.82, 2.24) is 20.9 Å². The van der Waals surface area contributed by atoms with Gasteiger partial charge in [0, 0.05) is 52.0 Å². The third kappa shape index (κ3) is 10.1. The quantitative estimate of drug-likeness (QED) is 0.263. The molecule has 1 rings (SSSR count). The van der Waals surface area contributed by atoms with Crippen LogP contribution < -0.4 is 20.7 Å². The lowest BCUT2D eigenvalue weighted by Crippen LogP contribution is -2.42. The highest BCUT2D eigenvalue weighted by atomic mass is 16.5. The van der Waals surface area contributed by atoms with Crippen LogP contribution in [-0.2, 0) is 4.74 Å². The van der Waals surface area contributed by atoms with E-state index in [0.717, 1.165) is 38.6 Å². The van der Waals surface area contributed by atoms with E-state index in [2.05, 4.69) is 32.9 Å². The molecule has 28 heavy (non-hydrogen) atoms. The Morgan fingerprint density at radius 3 is 2.64 bits per heavy atom. The molecule has 0 saturated carbocycles. The number of hydrogen-bond donors (Lipinski definition) is 3. The van der Waals surface area contributed by atoms with Crippen molar-refractivity contribution in [3.63, 3.8) is 0 Å². The van der Waals surface area contributed by atoms with E-state index >= 15 is 0 Å². The highest BCUT2D eigenvalue weighted by molar-refractivity contribution is 5.94. The molecular formula is C20H35N5O3. The molecule has 3 N–H and O–H groups in total. The second kappa shape index (κ2) is 14.7. The van der Waals surface area contributed by atoms with Crippen molar-refractivity contribution in [3.05, 3.63) is 29.8 Å². The first-order valence-corrected chi connectivity index (χ1v) is 9.72. The lowest BCUT2D eigenvalue weighted by Gasteiger charge is -2.16. The number of nitrogens with one attached hydrogen (secondary N) is 3. The average molecular weight is 394 g/mol. The molecule has 0 radical (unpaired) electrons. The van der Waals surface area contributed by atoms with Crippen LogP contribution >= 0.6 is 0 Å². The molecule has 0 aliphatic carbocycles. The molecule has 8 nitrogen and oxygen atoms in total. The Kier molecular flexibility index (Phi) is 12.5. The SMILES string of the molecule is CCNC(=NCCN(C)CCCOC)NCCNC(=O)c1cccc(OC)c1. The largest absolute Gasteiger partial charge is 0.497 e. The van der Waals surface area contributed by atoms with Crippen LogP contribution in [0.25, 0.3) is 0 Å². The molecule has 0 unspecified atom stereocenters. The second-order valence-corrected chi connectivity index (χ2v) is 6.32. The van der Waals surface area contributed by atoms with Crippen LogP contribution in [0.1, 0.15) is 23.7 Å². The zero-order valence-corrected chi connectivity index (χ0v) is 17.6. The van der Waals surface area contributed by atoms with E-state index in [-0.39, 0.29) is 5.91 Å². The zero-order valence-electron chi connectivity index (χ0n) is 17.6. The lowest BCUT2D eigenvalue weighted by molar-refractivity contribution is 0.0954. The fraction of sp³-hybridized carbons (Fsp3) is 0.600. The third-order valence-electron chi connectivity index (χ3n) is 4.02. The molecule has 0 spiro atoms. The predicted octanol–water partition coefficient (Wildman–Crippen LogP) is 0.948. The van der Waals surface area contributed by atoms with E-state index < -0.39 is 0 Å². The van der Waals surface area contributed by atoms with Crippen molar-refractivity contribution in [1.29, 1.82) is 0 Å². The number of benzene rings is 1. The number of ether oxygens (including phenoxy) is 2. The van der Waals surface area contributed by atoms with Crippen LogP contribution in [0.5, 0.6) is 5.75 Å². The van der Waals surface area contributed by atoms with Crippen LogP contribution in [0, 0.1) is 0 Å². The van der Waals surface area contributed by atoms with Crippen LogP contribution in [0.2, 0.25) is 0 Å². The van der Waals surface area contributed by atoms with E-state index in [0.29, 0.717) is 30.9 Å². The van der Waals surface area contributed by atoms with Crippen LogP contribution in [0.15, 0.2) is 29.3 Å². The standard InChI is InChI=1S/C20H35N5O3/c1-5-21-20(24-12-14-25(2)13-7-15-27-3)23-11-10-22-19(26)17-8-6-9-18(16-17)28-4/h6,8-9,16H,5,7,10-15H2,1-4H3,(H,22,26)(H2,21,23,24). The summed E-state index contributed by atoms with van der Waals surface area (Å²) in [5.41, 5.74) is 0.580. The van der Waals surface area contributed by atoms with Crippen LogP contribution in [-0.4, -0.2) is 83.9 Å². The van der Waals surface area contributed by atoms with Crippen molar-refractivity contribution in [2.24, 2.45) is 4.99 Å². The molecule has 0 aliphatic rings. The average Bonchev–Trinajstić information content (AvgIpc) is 2.71. The van der Waals surface area contributed by atoms with Gasteiger partial charge in [0.25, 0.3) is 5.91 Å². The highest BCUT2D eigenvalue weighted by Gasteiger charge is 2.06. The highest BCUT2D eigenvalue weighted by Crippen LogP contribution is 2.12. The lowest BCUT2D eigenvalue weighted by atomic mass is 10.2. The normalized spacial score (nSPS) is 11.4. The van der Waals surface area contributed by atoms with E-state index in [1.165, 1.54) is 0 Å². The molecule has 1 aromatic rings. The first-order chi connectivity index (χ1) is 13.6. The number of rotatable bonds is 13. The van der Waals surface area contributed by atoms with Crippen molar-refractivity contribution in [3.8, 4) is 5.75 Å². The number of methoxy groups -OCH3 is 2. The summed E-state index contributed by atoms with van der Waals surface area (Å²) < 4.78 is 10.2. The molecule has 1 aromatic carbocycles. The molecule has 0 fully saturated rings. The number of nitrogens with zero attached hydrogens (tertiary/aromatic N) is 2. The van der Waals surface area contributed by atoms with E-state index in [1.807, 2.05) is 13.0 Å². The monoisotopic (exact) mass is 393 g/mol. The Bertz CT molecular complexity index is 595. The summed E-state index contributed by atoms with van der Waals surface area (Å²) >= 11 is 0. The van der Waals surface area contributed by atoms with Gasteiger partial charge >= 0.3 is 0 Å². The predicted molar refractivity (Wildman–Crippen MR) is 113 cm³/mol. The van der Waals surface area contributed by atoms with Crippen molar-refractivity contribution in [2.45, 2.75) is 13.3 Å². The Hall–Kier alpha value is -2.32. The van der Waals surface area contributed by atoms with Gasteiger partial charge in [-0.3, -0.25) is 9.79 Å². The van der Waals surface area contributed by atoms with E-state index in [1.54, 1.807) is 32.4 Å². The number of amides is 1. The molecule has 1 amide bonds. The Labute approximate surface area is 168 Å². The maximum atomic E-state index is 12.2. The van der Waals surface area contributed by atoms with Crippen LogP contribution in [0.4, 0.5) is 0 Å². The summed E-state index contributed by atoms with van der Waals surface area (Å²) in [5, 5.41) is 9.34. The van der Waals surface area contributed by atoms with Gasteiger partial charge in [-0.15, -0.1) is 0 Å². The summed E-state index contributed by atoms with van der Waals surface area (Å²) in [4.78, 5) is 19.0. The minimum Gasteiger partial charge on any atom is -0.497 e. The van der Waals surface area contributed by atoms with Gasteiger partial charge < -0.3 is 30.3 Å².